The van der Waals surface area contributed by atoms with E-state index < -0.39 is 0 Å². The highest BCUT2D eigenvalue weighted by Gasteiger charge is 2.25. The molecule has 1 saturated heterocycles. The summed E-state index contributed by atoms with van der Waals surface area (Å²) in [6.07, 6.45) is 1.37. The number of benzene rings is 1. The highest BCUT2D eigenvalue weighted by molar-refractivity contribution is 6.42. The fourth-order valence-corrected chi connectivity index (χ4v) is 2.51. The van der Waals surface area contributed by atoms with Gasteiger partial charge in [0.1, 0.15) is 0 Å². The smallest absolute Gasteiger partial charge is 0.227 e. The summed E-state index contributed by atoms with van der Waals surface area (Å²) in [6, 6.07) is 5.31. The Labute approximate surface area is 117 Å². The molecule has 2 N–H and O–H groups in total. The second-order valence-electron chi connectivity index (χ2n) is 4.66. The number of amides is 1. The van der Waals surface area contributed by atoms with Gasteiger partial charge in [-0.05, 0) is 36.6 Å². The zero-order valence-electron chi connectivity index (χ0n) is 10.0. The van der Waals surface area contributed by atoms with Gasteiger partial charge in [-0.15, -0.1) is 0 Å². The van der Waals surface area contributed by atoms with Crippen LogP contribution in [0.1, 0.15) is 12.0 Å². The maximum Gasteiger partial charge on any atom is 0.227 e. The minimum atomic E-state index is 0.129. The third-order valence-corrected chi connectivity index (χ3v) is 4.05. The summed E-state index contributed by atoms with van der Waals surface area (Å²) in [6.45, 7) is 2.23. The van der Waals surface area contributed by atoms with Gasteiger partial charge >= 0.3 is 0 Å². The maximum atomic E-state index is 12.1. The molecule has 0 aromatic heterocycles. The lowest BCUT2D eigenvalue weighted by Gasteiger charge is -2.16. The number of carbonyl (C=O) groups excluding carboxylic acids is 1. The van der Waals surface area contributed by atoms with Gasteiger partial charge in [0, 0.05) is 13.1 Å². The molecule has 1 atom stereocenters. The quantitative estimate of drug-likeness (QED) is 0.927. The Morgan fingerprint density at radius 2 is 2.17 bits per heavy atom. The Morgan fingerprint density at radius 3 is 2.78 bits per heavy atom. The molecule has 1 aliphatic heterocycles. The molecule has 3 nitrogen and oxygen atoms in total. The van der Waals surface area contributed by atoms with Crippen LogP contribution in [-0.2, 0) is 11.2 Å². The van der Waals surface area contributed by atoms with Gasteiger partial charge in [0.05, 0.1) is 16.5 Å². The van der Waals surface area contributed by atoms with Crippen LogP contribution in [0.15, 0.2) is 18.2 Å². The van der Waals surface area contributed by atoms with Crippen molar-refractivity contribution in [2.24, 2.45) is 11.7 Å². The first kappa shape index (κ1) is 13.7. The zero-order chi connectivity index (χ0) is 13.1. The number of hydrogen-bond donors (Lipinski definition) is 1. The lowest BCUT2D eigenvalue weighted by Crippen LogP contribution is -2.31. The van der Waals surface area contributed by atoms with E-state index in [0.717, 1.165) is 25.1 Å². The SMILES string of the molecule is NC[C@@H]1CCN(C(=O)Cc2ccc(Cl)c(Cl)c2)C1. The number of rotatable bonds is 3. The second-order valence-corrected chi connectivity index (χ2v) is 5.47. The Morgan fingerprint density at radius 1 is 1.39 bits per heavy atom. The Kier molecular flexibility index (Phi) is 4.49. The van der Waals surface area contributed by atoms with Crippen molar-refractivity contribution in [2.45, 2.75) is 12.8 Å². The van der Waals surface area contributed by atoms with Crippen molar-refractivity contribution in [3.63, 3.8) is 0 Å². The summed E-state index contributed by atoms with van der Waals surface area (Å²) < 4.78 is 0. The first-order valence-electron chi connectivity index (χ1n) is 6.02. The summed E-state index contributed by atoms with van der Waals surface area (Å²) in [5.41, 5.74) is 6.51. The minimum absolute atomic E-state index is 0.129. The van der Waals surface area contributed by atoms with Crippen molar-refractivity contribution in [1.29, 1.82) is 0 Å². The molecular formula is C13H16Cl2N2O. The average molecular weight is 287 g/mol. The first-order chi connectivity index (χ1) is 8.60. The van der Waals surface area contributed by atoms with E-state index in [1.54, 1.807) is 12.1 Å². The fourth-order valence-electron chi connectivity index (χ4n) is 2.19. The van der Waals surface area contributed by atoms with Crippen LogP contribution in [0.2, 0.25) is 10.0 Å². The number of nitrogens with zero attached hydrogens (tertiary/aromatic N) is 1. The van der Waals surface area contributed by atoms with Crippen molar-refractivity contribution in [2.75, 3.05) is 19.6 Å². The number of nitrogens with two attached hydrogens (primary N) is 1. The fraction of sp³-hybridized carbons (Fsp3) is 0.462. The molecular weight excluding hydrogens is 271 g/mol. The third-order valence-electron chi connectivity index (χ3n) is 3.31. The standard InChI is InChI=1S/C13H16Cl2N2O/c14-11-2-1-9(5-12(11)15)6-13(18)17-4-3-10(7-16)8-17/h1-2,5,10H,3-4,6-8,16H2/t10-/m0/s1. The highest BCUT2D eigenvalue weighted by Crippen LogP contribution is 2.23. The summed E-state index contributed by atoms with van der Waals surface area (Å²) in [7, 11) is 0. The van der Waals surface area contributed by atoms with E-state index in [4.69, 9.17) is 28.9 Å². The molecule has 1 amide bonds. The van der Waals surface area contributed by atoms with Crippen LogP contribution in [0.5, 0.6) is 0 Å². The van der Waals surface area contributed by atoms with Gasteiger partial charge in [-0.3, -0.25) is 4.79 Å². The molecule has 0 saturated carbocycles. The zero-order valence-corrected chi connectivity index (χ0v) is 11.5. The summed E-state index contributed by atoms with van der Waals surface area (Å²) in [5.74, 6) is 0.576. The monoisotopic (exact) mass is 286 g/mol. The lowest BCUT2D eigenvalue weighted by atomic mass is 10.1. The van der Waals surface area contributed by atoms with Gasteiger partial charge in [0.2, 0.25) is 5.91 Å². The lowest BCUT2D eigenvalue weighted by molar-refractivity contribution is -0.129. The van der Waals surface area contributed by atoms with Crippen LogP contribution in [0.3, 0.4) is 0 Å². The van der Waals surface area contributed by atoms with E-state index in [-0.39, 0.29) is 5.91 Å². The van der Waals surface area contributed by atoms with E-state index in [9.17, 15) is 4.79 Å². The molecule has 0 unspecified atom stereocenters. The molecule has 5 heteroatoms. The molecule has 1 aromatic rings. The van der Waals surface area contributed by atoms with Crippen LogP contribution in [0.4, 0.5) is 0 Å². The Balaban J connectivity index is 1.97. The van der Waals surface area contributed by atoms with Gasteiger partial charge in [-0.1, -0.05) is 29.3 Å². The normalized spacial score (nSPS) is 19.3. The van der Waals surface area contributed by atoms with Gasteiger partial charge in [-0.2, -0.15) is 0 Å². The molecule has 0 aliphatic carbocycles. The van der Waals surface area contributed by atoms with E-state index in [1.165, 1.54) is 0 Å². The molecule has 1 aliphatic rings. The van der Waals surface area contributed by atoms with E-state index in [1.807, 2.05) is 11.0 Å². The first-order valence-corrected chi connectivity index (χ1v) is 6.77. The van der Waals surface area contributed by atoms with Gasteiger partial charge in [0.25, 0.3) is 0 Å². The molecule has 98 valence electrons. The molecule has 0 spiro atoms. The van der Waals surface area contributed by atoms with Crippen molar-refractivity contribution in [3.8, 4) is 0 Å². The molecule has 1 heterocycles. The summed E-state index contributed by atoms with van der Waals surface area (Å²) in [5, 5.41) is 1.00. The second kappa shape index (κ2) is 5.91. The number of likely N-dealkylation sites (tertiary alicyclic amines) is 1. The molecule has 2 rings (SSSR count). The molecule has 0 bridgehead atoms. The van der Waals surface area contributed by atoms with E-state index in [2.05, 4.69) is 0 Å². The topological polar surface area (TPSA) is 46.3 Å². The predicted octanol–water partition coefficient (Wildman–Crippen LogP) is 2.34. The third kappa shape index (κ3) is 3.16. The number of halogens is 2. The van der Waals surface area contributed by atoms with Crippen LogP contribution >= 0.6 is 23.2 Å². The van der Waals surface area contributed by atoms with Crippen LogP contribution in [-0.4, -0.2) is 30.4 Å². The molecule has 0 radical (unpaired) electrons. The van der Waals surface area contributed by atoms with Gasteiger partial charge in [-0.25, -0.2) is 0 Å². The Hall–Kier alpha value is -0.770. The minimum Gasteiger partial charge on any atom is -0.342 e. The van der Waals surface area contributed by atoms with E-state index >= 15 is 0 Å². The van der Waals surface area contributed by atoms with Crippen molar-refractivity contribution in [3.05, 3.63) is 33.8 Å². The number of hydrogen-bond acceptors (Lipinski definition) is 2. The van der Waals surface area contributed by atoms with Crippen molar-refractivity contribution < 1.29 is 4.79 Å². The van der Waals surface area contributed by atoms with Gasteiger partial charge < -0.3 is 10.6 Å². The van der Waals surface area contributed by atoms with E-state index in [0.29, 0.717) is 28.9 Å². The van der Waals surface area contributed by atoms with Crippen LogP contribution < -0.4 is 5.73 Å². The average Bonchev–Trinajstić information content (AvgIpc) is 2.82. The summed E-state index contributed by atoms with van der Waals surface area (Å²) in [4.78, 5) is 14.0. The van der Waals surface area contributed by atoms with Crippen molar-refractivity contribution in [1.82, 2.24) is 4.90 Å². The maximum absolute atomic E-state index is 12.1. The number of carbonyl (C=O) groups is 1. The molecule has 1 aromatic carbocycles. The highest BCUT2D eigenvalue weighted by atomic mass is 35.5. The van der Waals surface area contributed by atoms with Crippen LogP contribution in [0, 0.1) is 5.92 Å². The predicted molar refractivity (Wildman–Crippen MR) is 73.9 cm³/mol. The largest absolute Gasteiger partial charge is 0.342 e. The van der Waals surface area contributed by atoms with Crippen molar-refractivity contribution >= 4 is 29.1 Å². The Bertz CT molecular complexity index is 451. The molecule has 18 heavy (non-hydrogen) atoms. The van der Waals surface area contributed by atoms with Crippen LogP contribution in [0.25, 0.3) is 0 Å². The molecule has 1 fully saturated rings. The summed E-state index contributed by atoms with van der Waals surface area (Å²) >= 11 is 11.8. The van der Waals surface area contributed by atoms with Gasteiger partial charge in [0.15, 0.2) is 0 Å².